The van der Waals surface area contributed by atoms with Gasteiger partial charge in [-0.05, 0) is 36.4 Å². The zero-order valence-corrected chi connectivity index (χ0v) is 19.5. The molecular formula is C21H16ClF3N2O4S2. The lowest BCUT2D eigenvalue weighted by Gasteiger charge is -2.13. The summed E-state index contributed by atoms with van der Waals surface area (Å²) in [6.07, 6.45) is 2.15. The number of halogens is 4. The molecule has 1 N–H and O–H groups in total. The molecule has 2 aromatic carbocycles. The van der Waals surface area contributed by atoms with Crippen molar-refractivity contribution < 1.29 is 31.1 Å². The Morgan fingerprint density at radius 2 is 1.88 bits per heavy atom. The van der Waals surface area contributed by atoms with Crippen LogP contribution in [0.15, 0.2) is 47.6 Å². The van der Waals surface area contributed by atoms with E-state index in [9.17, 15) is 26.4 Å². The topological polar surface area (TPSA) is 85.4 Å². The molecule has 0 atom stereocenters. The second kappa shape index (κ2) is 10.0. The van der Waals surface area contributed by atoms with Crippen molar-refractivity contribution in [2.24, 2.45) is 0 Å². The van der Waals surface area contributed by atoms with Crippen LogP contribution < -0.4 is 9.46 Å². The third-order valence-electron chi connectivity index (χ3n) is 4.30. The first-order valence-corrected chi connectivity index (χ1v) is 12.4. The van der Waals surface area contributed by atoms with Gasteiger partial charge < -0.3 is 4.74 Å². The zero-order valence-electron chi connectivity index (χ0n) is 17.2. The van der Waals surface area contributed by atoms with Gasteiger partial charge in [-0.15, -0.1) is 11.8 Å². The molecule has 3 aromatic rings. The van der Waals surface area contributed by atoms with Crippen molar-refractivity contribution in [1.29, 1.82) is 0 Å². The number of hydrogen-bond acceptors (Lipinski definition) is 6. The van der Waals surface area contributed by atoms with Gasteiger partial charge in [-0.1, -0.05) is 11.6 Å². The smallest absolute Gasteiger partial charge is 0.267 e. The predicted octanol–water partition coefficient (Wildman–Crippen LogP) is 4.81. The quantitative estimate of drug-likeness (QED) is 0.454. The molecule has 33 heavy (non-hydrogen) atoms. The van der Waals surface area contributed by atoms with E-state index in [1.165, 1.54) is 19.4 Å². The number of carbonyl (C=O) groups is 1. The second-order valence-electron chi connectivity index (χ2n) is 6.77. The Bertz CT molecular complexity index is 1340. The summed E-state index contributed by atoms with van der Waals surface area (Å²) in [4.78, 5) is 16.3. The molecule has 12 heteroatoms. The monoisotopic (exact) mass is 516 g/mol. The summed E-state index contributed by atoms with van der Waals surface area (Å²) in [7, 11) is -2.60. The van der Waals surface area contributed by atoms with Crippen molar-refractivity contribution in [3.05, 3.63) is 76.2 Å². The van der Waals surface area contributed by atoms with Crippen LogP contribution in [0, 0.1) is 17.5 Å². The molecule has 6 nitrogen and oxygen atoms in total. The van der Waals surface area contributed by atoms with E-state index >= 15 is 0 Å². The van der Waals surface area contributed by atoms with Crippen molar-refractivity contribution in [3.63, 3.8) is 0 Å². The standard InChI is InChI=1S/C21H16ClF3N2O4S2/c1-31-19-8-15(20(28)27-33(2,29)30)18(25)7-14(19)11-6-16(22)21(26-9-11)32-10-12-5-13(23)3-4-17(12)24/h3-9H,10H2,1-2H3,(H,27,28). The van der Waals surface area contributed by atoms with E-state index in [2.05, 4.69) is 4.98 Å². The Balaban J connectivity index is 1.89. The van der Waals surface area contributed by atoms with Crippen LogP contribution in [0.25, 0.3) is 11.1 Å². The number of nitrogens with zero attached hydrogens (tertiary/aromatic N) is 1. The number of hydrogen-bond donors (Lipinski definition) is 1. The average Bonchev–Trinajstić information content (AvgIpc) is 2.73. The highest BCUT2D eigenvalue weighted by Gasteiger charge is 2.20. The number of benzene rings is 2. The fourth-order valence-corrected chi connectivity index (χ4v) is 4.44. The maximum Gasteiger partial charge on any atom is 0.267 e. The van der Waals surface area contributed by atoms with Gasteiger partial charge >= 0.3 is 0 Å². The van der Waals surface area contributed by atoms with Gasteiger partial charge in [0.15, 0.2) is 0 Å². The average molecular weight is 517 g/mol. The predicted molar refractivity (Wildman–Crippen MR) is 119 cm³/mol. The molecule has 0 spiro atoms. The van der Waals surface area contributed by atoms with Gasteiger partial charge in [-0.2, -0.15) is 0 Å². The normalized spacial score (nSPS) is 11.3. The second-order valence-corrected chi connectivity index (χ2v) is 9.89. The van der Waals surface area contributed by atoms with Crippen LogP contribution in [0.2, 0.25) is 5.02 Å². The zero-order chi connectivity index (χ0) is 24.3. The molecule has 0 aliphatic heterocycles. The largest absolute Gasteiger partial charge is 0.496 e. The van der Waals surface area contributed by atoms with Crippen LogP contribution in [-0.2, 0) is 15.8 Å². The van der Waals surface area contributed by atoms with Crippen molar-refractivity contribution in [2.75, 3.05) is 13.4 Å². The SMILES string of the molecule is COc1cc(C(=O)NS(C)(=O)=O)c(F)cc1-c1cnc(SCc2cc(F)ccc2F)c(Cl)c1. The van der Waals surface area contributed by atoms with E-state index in [-0.39, 0.29) is 27.7 Å². The maximum atomic E-state index is 14.6. The summed E-state index contributed by atoms with van der Waals surface area (Å²) in [6, 6.07) is 6.68. The van der Waals surface area contributed by atoms with Gasteiger partial charge in [0.2, 0.25) is 10.0 Å². The Labute approximate surface area is 197 Å². The third kappa shape index (κ3) is 6.18. The van der Waals surface area contributed by atoms with Crippen molar-refractivity contribution >= 4 is 39.3 Å². The van der Waals surface area contributed by atoms with Gasteiger partial charge in [0.25, 0.3) is 5.91 Å². The Morgan fingerprint density at radius 3 is 2.52 bits per heavy atom. The molecule has 0 saturated carbocycles. The summed E-state index contributed by atoms with van der Waals surface area (Å²) < 4.78 is 71.2. The highest BCUT2D eigenvalue weighted by molar-refractivity contribution is 7.98. The number of amides is 1. The molecule has 1 amide bonds. The lowest BCUT2D eigenvalue weighted by Crippen LogP contribution is -2.30. The van der Waals surface area contributed by atoms with Gasteiger partial charge in [0.1, 0.15) is 28.2 Å². The van der Waals surface area contributed by atoms with E-state index in [0.717, 1.165) is 48.3 Å². The van der Waals surface area contributed by atoms with E-state index < -0.39 is 38.9 Å². The molecule has 0 fully saturated rings. The number of thioether (sulfide) groups is 1. The minimum Gasteiger partial charge on any atom is -0.496 e. The van der Waals surface area contributed by atoms with Crippen LogP contribution in [0.4, 0.5) is 13.2 Å². The van der Waals surface area contributed by atoms with E-state index in [1.54, 1.807) is 4.72 Å². The van der Waals surface area contributed by atoms with Crippen LogP contribution in [0.3, 0.4) is 0 Å². The summed E-state index contributed by atoms with van der Waals surface area (Å²) in [6.45, 7) is 0. The van der Waals surface area contributed by atoms with Crippen LogP contribution >= 0.6 is 23.4 Å². The molecule has 0 bridgehead atoms. The number of carbonyl (C=O) groups excluding carboxylic acids is 1. The Hall–Kier alpha value is -2.76. The molecule has 0 unspecified atom stereocenters. The molecule has 1 heterocycles. The summed E-state index contributed by atoms with van der Waals surface area (Å²) in [5.41, 5.74) is 0.193. The number of rotatable bonds is 7. The summed E-state index contributed by atoms with van der Waals surface area (Å²) in [5, 5.41) is 0.517. The fourth-order valence-electron chi connectivity index (χ4n) is 2.82. The minimum atomic E-state index is -3.89. The number of pyridine rings is 1. The van der Waals surface area contributed by atoms with Gasteiger partial charge in [0, 0.05) is 28.6 Å². The first-order chi connectivity index (χ1) is 15.5. The molecule has 174 valence electrons. The number of sulfonamides is 1. The molecule has 1 aromatic heterocycles. The van der Waals surface area contributed by atoms with Crippen molar-refractivity contribution in [3.8, 4) is 16.9 Å². The Morgan fingerprint density at radius 1 is 1.15 bits per heavy atom. The van der Waals surface area contributed by atoms with E-state index in [1.807, 2.05) is 0 Å². The van der Waals surface area contributed by atoms with Crippen molar-refractivity contribution in [1.82, 2.24) is 9.71 Å². The Kier molecular flexibility index (Phi) is 7.55. The minimum absolute atomic E-state index is 0.0788. The highest BCUT2D eigenvalue weighted by atomic mass is 35.5. The first kappa shape index (κ1) is 24.9. The highest BCUT2D eigenvalue weighted by Crippen LogP contribution is 2.36. The number of methoxy groups -OCH3 is 1. The van der Waals surface area contributed by atoms with Gasteiger partial charge in [-0.25, -0.2) is 31.3 Å². The lowest BCUT2D eigenvalue weighted by molar-refractivity contribution is 0.0977. The molecule has 0 radical (unpaired) electrons. The maximum absolute atomic E-state index is 14.6. The van der Waals surface area contributed by atoms with Gasteiger partial charge in [0.05, 0.1) is 24.0 Å². The van der Waals surface area contributed by atoms with Crippen LogP contribution in [0.5, 0.6) is 5.75 Å². The fraction of sp³-hybridized carbons (Fsp3) is 0.143. The molecule has 0 aliphatic carbocycles. The number of nitrogens with one attached hydrogen (secondary N) is 1. The van der Waals surface area contributed by atoms with E-state index in [4.69, 9.17) is 16.3 Å². The van der Waals surface area contributed by atoms with E-state index in [0.29, 0.717) is 10.6 Å². The molecule has 0 saturated heterocycles. The number of ether oxygens (including phenoxy) is 1. The summed E-state index contributed by atoms with van der Waals surface area (Å²) in [5.74, 6) is -3.09. The van der Waals surface area contributed by atoms with Crippen LogP contribution in [-0.4, -0.2) is 32.7 Å². The number of aromatic nitrogens is 1. The first-order valence-electron chi connectivity index (χ1n) is 9.11. The molecular weight excluding hydrogens is 501 g/mol. The van der Waals surface area contributed by atoms with Crippen molar-refractivity contribution in [2.45, 2.75) is 10.8 Å². The molecule has 0 aliphatic rings. The van der Waals surface area contributed by atoms with Gasteiger partial charge in [-0.3, -0.25) is 4.79 Å². The molecule has 3 rings (SSSR count). The third-order valence-corrected chi connectivity index (χ3v) is 6.31. The van der Waals surface area contributed by atoms with Crippen LogP contribution in [0.1, 0.15) is 15.9 Å². The summed E-state index contributed by atoms with van der Waals surface area (Å²) >= 11 is 7.38. The lowest BCUT2D eigenvalue weighted by atomic mass is 10.0.